The lowest BCUT2D eigenvalue weighted by Crippen LogP contribution is -2.59. The highest BCUT2D eigenvalue weighted by Gasteiger charge is 2.33. The van der Waals surface area contributed by atoms with Gasteiger partial charge in [0.05, 0.1) is 11.6 Å². The zero-order chi connectivity index (χ0) is 17.8. The van der Waals surface area contributed by atoms with Crippen molar-refractivity contribution in [3.05, 3.63) is 36.5 Å². The fourth-order valence-electron chi connectivity index (χ4n) is 3.49. The molecule has 9 nitrogen and oxygen atoms in total. The molecule has 0 radical (unpaired) electrons. The molecule has 0 N–H and O–H groups in total. The molecular weight excluding hydrogens is 330 g/mol. The van der Waals surface area contributed by atoms with Gasteiger partial charge in [0.15, 0.2) is 11.5 Å². The van der Waals surface area contributed by atoms with Gasteiger partial charge in [-0.2, -0.15) is 4.52 Å². The van der Waals surface area contributed by atoms with Crippen molar-refractivity contribution in [2.75, 3.05) is 29.9 Å². The van der Waals surface area contributed by atoms with Crippen LogP contribution in [0.2, 0.25) is 0 Å². The third-order valence-corrected chi connectivity index (χ3v) is 5.26. The number of rotatable bonds is 3. The van der Waals surface area contributed by atoms with Crippen molar-refractivity contribution in [1.82, 2.24) is 34.3 Å². The van der Waals surface area contributed by atoms with E-state index < -0.39 is 0 Å². The number of nitrogens with zero attached hydrogens (tertiary/aromatic N) is 9. The average molecular weight is 349 g/mol. The molecule has 0 bridgehead atoms. The normalized spacial score (nSPS) is 15.0. The van der Waals surface area contributed by atoms with Crippen LogP contribution < -0.4 is 9.80 Å². The first-order valence-corrected chi connectivity index (χ1v) is 8.53. The van der Waals surface area contributed by atoms with Crippen LogP contribution in [-0.2, 0) is 7.05 Å². The van der Waals surface area contributed by atoms with E-state index in [1.54, 1.807) is 17.2 Å². The Morgan fingerprint density at radius 3 is 2.88 bits per heavy atom. The van der Waals surface area contributed by atoms with Gasteiger partial charge in [-0.25, -0.2) is 9.97 Å². The fourth-order valence-corrected chi connectivity index (χ4v) is 3.49. The molecule has 5 rings (SSSR count). The van der Waals surface area contributed by atoms with E-state index in [0.29, 0.717) is 6.04 Å². The van der Waals surface area contributed by atoms with Gasteiger partial charge >= 0.3 is 0 Å². The first-order chi connectivity index (χ1) is 12.6. The van der Waals surface area contributed by atoms with Gasteiger partial charge in [0.2, 0.25) is 0 Å². The lowest BCUT2D eigenvalue weighted by Gasteiger charge is -2.45. The molecule has 4 aromatic rings. The Kier molecular flexibility index (Phi) is 3.12. The molecule has 0 spiro atoms. The maximum Gasteiger partial charge on any atom is 0.177 e. The minimum atomic E-state index is 0.377. The predicted molar refractivity (Wildman–Crippen MR) is 98.4 cm³/mol. The van der Waals surface area contributed by atoms with Crippen LogP contribution in [0.3, 0.4) is 0 Å². The number of fused-ring (bicyclic) bond motifs is 2. The van der Waals surface area contributed by atoms with E-state index in [2.05, 4.69) is 66.7 Å². The molecule has 0 unspecified atom stereocenters. The molecule has 1 saturated heterocycles. The standard InChI is InChI=1S/C17H19N9/c1-11-6-13-16(23(11)2)17(19-9-18-13)24(3)12-7-25(8-12)15-5-4-14-21-20-10-26(14)22-15/h4-6,9-10,12H,7-8H2,1-3H3. The number of hydrogen-bond donors (Lipinski definition) is 0. The average Bonchev–Trinajstić information content (AvgIpc) is 3.18. The monoisotopic (exact) mass is 349 g/mol. The molecule has 26 heavy (non-hydrogen) atoms. The molecule has 1 aliphatic rings. The Labute approximate surface area is 149 Å². The number of anilines is 2. The van der Waals surface area contributed by atoms with Crippen molar-refractivity contribution in [2.24, 2.45) is 7.05 Å². The van der Waals surface area contributed by atoms with Crippen LogP contribution in [0.4, 0.5) is 11.6 Å². The molecular formula is C17H19N9. The van der Waals surface area contributed by atoms with E-state index in [9.17, 15) is 0 Å². The van der Waals surface area contributed by atoms with Gasteiger partial charge in [0, 0.05) is 32.9 Å². The van der Waals surface area contributed by atoms with E-state index >= 15 is 0 Å². The van der Waals surface area contributed by atoms with Crippen molar-refractivity contribution in [2.45, 2.75) is 13.0 Å². The highest BCUT2D eigenvalue weighted by Crippen LogP contribution is 2.29. The molecule has 1 aliphatic heterocycles. The summed E-state index contributed by atoms with van der Waals surface area (Å²) in [4.78, 5) is 13.4. The molecule has 5 heterocycles. The summed E-state index contributed by atoms with van der Waals surface area (Å²) in [6.45, 7) is 3.88. The number of aromatic nitrogens is 7. The van der Waals surface area contributed by atoms with Crippen molar-refractivity contribution < 1.29 is 0 Å². The molecule has 0 aliphatic carbocycles. The summed E-state index contributed by atoms with van der Waals surface area (Å²) in [5.74, 6) is 1.90. The van der Waals surface area contributed by atoms with Crippen molar-refractivity contribution >= 4 is 28.3 Å². The second-order valence-electron chi connectivity index (χ2n) is 6.77. The van der Waals surface area contributed by atoms with E-state index in [0.717, 1.165) is 41.4 Å². The summed E-state index contributed by atoms with van der Waals surface area (Å²) < 4.78 is 3.85. The second kappa shape index (κ2) is 5.38. The summed E-state index contributed by atoms with van der Waals surface area (Å²) in [7, 11) is 4.16. The summed E-state index contributed by atoms with van der Waals surface area (Å²) in [6, 6.07) is 6.40. The number of likely N-dealkylation sites (N-methyl/N-ethyl adjacent to an activating group) is 1. The zero-order valence-corrected chi connectivity index (χ0v) is 14.9. The molecule has 0 saturated carbocycles. The lowest BCUT2D eigenvalue weighted by molar-refractivity contribution is 0.487. The second-order valence-corrected chi connectivity index (χ2v) is 6.77. The van der Waals surface area contributed by atoms with Crippen molar-refractivity contribution in [3.8, 4) is 0 Å². The van der Waals surface area contributed by atoms with Crippen LogP contribution in [0, 0.1) is 6.92 Å². The van der Waals surface area contributed by atoms with Crippen molar-refractivity contribution in [3.63, 3.8) is 0 Å². The number of aryl methyl sites for hydroxylation is 2. The predicted octanol–water partition coefficient (Wildman–Crippen LogP) is 1.04. The Morgan fingerprint density at radius 2 is 2.04 bits per heavy atom. The maximum atomic E-state index is 4.56. The van der Waals surface area contributed by atoms with E-state index in [4.69, 9.17) is 0 Å². The Hall–Kier alpha value is -3.23. The van der Waals surface area contributed by atoms with E-state index in [1.807, 2.05) is 12.1 Å². The van der Waals surface area contributed by atoms with E-state index in [-0.39, 0.29) is 0 Å². The molecule has 9 heteroatoms. The van der Waals surface area contributed by atoms with Gasteiger partial charge < -0.3 is 14.4 Å². The van der Waals surface area contributed by atoms with Crippen LogP contribution in [0.15, 0.2) is 30.9 Å². The molecule has 4 aromatic heterocycles. The van der Waals surface area contributed by atoms with Crippen LogP contribution >= 0.6 is 0 Å². The zero-order valence-electron chi connectivity index (χ0n) is 14.9. The van der Waals surface area contributed by atoms with Gasteiger partial charge in [-0.15, -0.1) is 15.3 Å². The number of hydrogen-bond acceptors (Lipinski definition) is 7. The minimum absolute atomic E-state index is 0.377. The van der Waals surface area contributed by atoms with Crippen molar-refractivity contribution in [1.29, 1.82) is 0 Å². The molecule has 0 aromatic carbocycles. The van der Waals surface area contributed by atoms with Gasteiger partial charge in [-0.1, -0.05) is 0 Å². The van der Waals surface area contributed by atoms with Crippen LogP contribution in [0.5, 0.6) is 0 Å². The third-order valence-electron chi connectivity index (χ3n) is 5.26. The van der Waals surface area contributed by atoms with Crippen LogP contribution in [0.1, 0.15) is 5.69 Å². The van der Waals surface area contributed by atoms with Gasteiger partial charge in [-0.3, -0.25) is 0 Å². The Morgan fingerprint density at radius 1 is 1.19 bits per heavy atom. The van der Waals surface area contributed by atoms with Crippen LogP contribution in [0.25, 0.3) is 16.7 Å². The third kappa shape index (κ3) is 2.13. The van der Waals surface area contributed by atoms with Crippen LogP contribution in [-0.4, -0.2) is 60.5 Å². The molecule has 0 atom stereocenters. The van der Waals surface area contributed by atoms with Gasteiger partial charge in [0.25, 0.3) is 0 Å². The minimum Gasteiger partial charge on any atom is -0.351 e. The molecule has 132 valence electrons. The summed E-state index contributed by atoms with van der Waals surface area (Å²) in [5.41, 5.74) is 4.00. The van der Waals surface area contributed by atoms with Gasteiger partial charge in [0.1, 0.15) is 24.0 Å². The first-order valence-electron chi connectivity index (χ1n) is 8.53. The maximum absolute atomic E-state index is 4.56. The summed E-state index contributed by atoms with van der Waals surface area (Å²) in [6.07, 6.45) is 3.27. The Balaban J connectivity index is 1.39. The fraction of sp³-hybridized carbons (Fsp3) is 0.353. The summed E-state index contributed by atoms with van der Waals surface area (Å²) in [5, 5.41) is 12.4. The molecule has 1 fully saturated rings. The topological polar surface area (TPSA) is 80.3 Å². The quantitative estimate of drug-likeness (QED) is 0.547. The molecule has 0 amide bonds. The lowest BCUT2D eigenvalue weighted by atomic mass is 10.1. The Bertz CT molecular complexity index is 1110. The summed E-state index contributed by atoms with van der Waals surface area (Å²) >= 11 is 0. The highest BCUT2D eigenvalue weighted by molar-refractivity contribution is 5.87. The first kappa shape index (κ1) is 15.1. The highest BCUT2D eigenvalue weighted by atomic mass is 15.4. The SMILES string of the molecule is Cc1cc2ncnc(N(C)C3CN(c4ccc5nncn5n4)C3)c2n1C. The largest absolute Gasteiger partial charge is 0.351 e. The van der Waals surface area contributed by atoms with Gasteiger partial charge in [-0.05, 0) is 25.1 Å². The van der Waals surface area contributed by atoms with E-state index in [1.165, 1.54) is 5.69 Å². The smallest absolute Gasteiger partial charge is 0.177 e.